The number of nitrogens with one attached hydrogen (secondary N) is 2. The third-order valence-electron chi connectivity index (χ3n) is 5.26. The molecule has 26 heavy (non-hydrogen) atoms. The molecule has 1 aromatic carbocycles. The van der Waals surface area contributed by atoms with Gasteiger partial charge in [0.1, 0.15) is 11.4 Å². The van der Waals surface area contributed by atoms with E-state index in [0.717, 1.165) is 5.69 Å². The molecule has 138 valence electrons. The van der Waals surface area contributed by atoms with Crippen LogP contribution < -0.4 is 11.1 Å². The molecular weight excluding hydrogens is 335 g/mol. The number of aromatic nitrogens is 2. The molecule has 2 aromatic rings. The Morgan fingerprint density at radius 2 is 2.04 bits per heavy atom. The molecule has 8 heteroatoms. The number of carbonyl (C=O) groups is 1. The SMILES string of the molecule is CN1C(=O)C(C)(C)C(C)(c2cc(NCc3cc[nH]n3)ccc2F)N=C1N. The highest BCUT2D eigenvalue weighted by Gasteiger charge is 2.53. The van der Waals surface area contributed by atoms with Crippen molar-refractivity contribution < 1.29 is 9.18 Å². The van der Waals surface area contributed by atoms with Gasteiger partial charge in [0, 0.05) is 24.5 Å². The van der Waals surface area contributed by atoms with Crippen LogP contribution in [0.1, 0.15) is 32.0 Å². The normalized spacial score (nSPS) is 22.3. The summed E-state index contributed by atoms with van der Waals surface area (Å²) in [5, 5.41) is 10.0. The van der Waals surface area contributed by atoms with E-state index in [4.69, 9.17) is 5.73 Å². The second-order valence-electron chi connectivity index (χ2n) is 7.15. The highest BCUT2D eigenvalue weighted by Crippen LogP contribution is 2.47. The van der Waals surface area contributed by atoms with E-state index in [0.29, 0.717) is 17.8 Å². The summed E-state index contributed by atoms with van der Waals surface area (Å²) in [5.41, 5.74) is 5.68. The van der Waals surface area contributed by atoms with E-state index in [-0.39, 0.29) is 11.9 Å². The fraction of sp³-hybridized carbons (Fsp3) is 0.389. The number of hydrogen-bond donors (Lipinski definition) is 3. The minimum Gasteiger partial charge on any atom is -0.379 e. The molecule has 1 aromatic heterocycles. The van der Waals surface area contributed by atoms with E-state index in [1.807, 2.05) is 6.07 Å². The highest BCUT2D eigenvalue weighted by atomic mass is 19.1. The van der Waals surface area contributed by atoms with E-state index in [2.05, 4.69) is 20.5 Å². The monoisotopic (exact) mass is 358 g/mol. The summed E-state index contributed by atoms with van der Waals surface area (Å²) >= 11 is 0. The van der Waals surface area contributed by atoms with Crippen LogP contribution in [0.2, 0.25) is 0 Å². The largest absolute Gasteiger partial charge is 0.379 e. The van der Waals surface area contributed by atoms with Gasteiger partial charge in [0.25, 0.3) is 0 Å². The van der Waals surface area contributed by atoms with Gasteiger partial charge >= 0.3 is 0 Å². The maximum Gasteiger partial charge on any atom is 0.237 e. The Balaban J connectivity index is 2.01. The Morgan fingerprint density at radius 1 is 1.31 bits per heavy atom. The van der Waals surface area contributed by atoms with Gasteiger partial charge in [-0.25, -0.2) is 9.38 Å². The van der Waals surface area contributed by atoms with E-state index in [1.54, 1.807) is 46.1 Å². The molecule has 4 N–H and O–H groups in total. The molecule has 3 rings (SSSR count). The molecule has 2 heterocycles. The number of rotatable bonds is 4. The topological polar surface area (TPSA) is 99.4 Å². The van der Waals surface area contributed by atoms with Gasteiger partial charge in [-0.15, -0.1) is 0 Å². The first kappa shape index (κ1) is 17.9. The maximum atomic E-state index is 14.7. The smallest absolute Gasteiger partial charge is 0.237 e. The number of nitrogens with zero attached hydrogens (tertiary/aromatic N) is 3. The molecular formula is C18H23FN6O. The molecule has 1 amide bonds. The summed E-state index contributed by atoms with van der Waals surface area (Å²) < 4.78 is 14.7. The first-order valence-corrected chi connectivity index (χ1v) is 8.33. The lowest BCUT2D eigenvalue weighted by Gasteiger charge is -2.46. The summed E-state index contributed by atoms with van der Waals surface area (Å²) in [4.78, 5) is 18.5. The number of nitrogens with two attached hydrogens (primary N) is 1. The second kappa shape index (κ2) is 6.12. The zero-order chi connectivity index (χ0) is 19.1. The van der Waals surface area contributed by atoms with Crippen LogP contribution in [0.3, 0.4) is 0 Å². The Bertz CT molecular complexity index is 861. The standard InChI is InChI=1S/C18H23FN6O/c1-17(2)15(26)25(4)16(20)23-18(17,3)13-9-11(5-6-14(13)19)21-10-12-7-8-22-24-12/h5-9,21H,10H2,1-4H3,(H2,20,23)(H,22,24). The predicted molar refractivity (Wildman–Crippen MR) is 97.8 cm³/mol. The van der Waals surface area contributed by atoms with Gasteiger partial charge < -0.3 is 11.1 Å². The van der Waals surface area contributed by atoms with Crippen LogP contribution in [0.4, 0.5) is 10.1 Å². The zero-order valence-electron chi connectivity index (χ0n) is 15.3. The molecule has 1 aliphatic rings. The van der Waals surface area contributed by atoms with Gasteiger partial charge in [0.2, 0.25) is 5.91 Å². The van der Waals surface area contributed by atoms with Crippen molar-refractivity contribution in [1.29, 1.82) is 0 Å². The quantitative estimate of drug-likeness (QED) is 0.780. The average molecular weight is 358 g/mol. The van der Waals surface area contributed by atoms with Crippen molar-refractivity contribution in [2.45, 2.75) is 32.9 Å². The van der Waals surface area contributed by atoms with Gasteiger partial charge in [-0.05, 0) is 45.0 Å². The summed E-state index contributed by atoms with van der Waals surface area (Å²) in [6, 6.07) is 6.55. The van der Waals surface area contributed by atoms with Crippen LogP contribution in [-0.4, -0.2) is 34.0 Å². The first-order chi connectivity index (χ1) is 12.2. The molecule has 0 fully saturated rings. The molecule has 0 saturated heterocycles. The minimum absolute atomic E-state index is 0.0751. The summed E-state index contributed by atoms with van der Waals surface area (Å²) in [5.74, 6) is -0.562. The lowest BCUT2D eigenvalue weighted by Crippen LogP contribution is -2.58. The third kappa shape index (κ3) is 2.71. The fourth-order valence-electron chi connectivity index (χ4n) is 3.16. The Hall–Kier alpha value is -2.90. The van der Waals surface area contributed by atoms with Crippen molar-refractivity contribution >= 4 is 17.6 Å². The van der Waals surface area contributed by atoms with Crippen molar-refractivity contribution in [2.75, 3.05) is 12.4 Å². The van der Waals surface area contributed by atoms with E-state index >= 15 is 0 Å². The van der Waals surface area contributed by atoms with Crippen LogP contribution in [0.25, 0.3) is 0 Å². The van der Waals surface area contributed by atoms with E-state index in [9.17, 15) is 9.18 Å². The van der Waals surface area contributed by atoms with E-state index < -0.39 is 16.8 Å². The average Bonchev–Trinajstić information content (AvgIpc) is 3.11. The molecule has 0 saturated carbocycles. The number of guanidine groups is 1. The molecule has 7 nitrogen and oxygen atoms in total. The lowest BCUT2D eigenvalue weighted by molar-refractivity contribution is -0.140. The number of aliphatic imine (C=N–C) groups is 1. The zero-order valence-corrected chi connectivity index (χ0v) is 15.3. The van der Waals surface area contributed by atoms with Crippen molar-refractivity contribution in [3.8, 4) is 0 Å². The number of carbonyl (C=O) groups excluding carboxylic acids is 1. The van der Waals surface area contributed by atoms with E-state index in [1.165, 1.54) is 11.0 Å². The van der Waals surface area contributed by atoms with Crippen LogP contribution in [0.15, 0.2) is 35.5 Å². The second-order valence-corrected chi connectivity index (χ2v) is 7.15. The summed E-state index contributed by atoms with van der Waals surface area (Å²) in [7, 11) is 1.57. The number of aromatic amines is 1. The van der Waals surface area contributed by atoms with Crippen LogP contribution in [-0.2, 0) is 16.9 Å². The summed E-state index contributed by atoms with van der Waals surface area (Å²) in [6.07, 6.45) is 1.73. The van der Waals surface area contributed by atoms with Gasteiger partial charge in [-0.3, -0.25) is 14.8 Å². The number of H-pyrrole nitrogens is 1. The molecule has 1 unspecified atom stereocenters. The van der Waals surface area contributed by atoms with Crippen molar-refractivity contribution in [3.63, 3.8) is 0 Å². The Morgan fingerprint density at radius 3 is 2.69 bits per heavy atom. The maximum absolute atomic E-state index is 14.7. The lowest BCUT2D eigenvalue weighted by atomic mass is 9.67. The Kier molecular flexibility index (Phi) is 4.21. The molecule has 0 radical (unpaired) electrons. The fourth-order valence-corrected chi connectivity index (χ4v) is 3.16. The van der Waals surface area contributed by atoms with Crippen molar-refractivity contribution in [1.82, 2.24) is 15.1 Å². The van der Waals surface area contributed by atoms with Gasteiger partial charge in [0.05, 0.1) is 17.7 Å². The Labute approximate surface area is 151 Å². The van der Waals surface area contributed by atoms with Gasteiger partial charge in [-0.2, -0.15) is 5.10 Å². The third-order valence-corrected chi connectivity index (χ3v) is 5.26. The van der Waals surface area contributed by atoms with Crippen LogP contribution in [0.5, 0.6) is 0 Å². The predicted octanol–water partition coefficient (Wildman–Crippen LogP) is 2.19. The highest BCUT2D eigenvalue weighted by molar-refractivity contribution is 6.01. The molecule has 0 bridgehead atoms. The van der Waals surface area contributed by atoms with Crippen LogP contribution >= 0.6 is 0 Å². The minimum atomic E-state index is -1.13. The number of hydrogen-bond acceptors (Lipinski definition) is 5. The first-order valence-electron chi connectivity index (χ1n) is 8.33. The molecule has 1 atom stereocenters. The van der Waals surface area contributed by atoms with Gasteiger partial charge in [0.15, 0.2) is 5.96 Å². The molecule has 0 aliphatic carbocycles. The van der Waals surface area contributed by atoms with Crippen molar-refractivity contribution in [3.05, 3.63) is 47.5 Å². The molecule has 1 aliphatic heterocycles. The van der Waals surface area contributed by atoms with Crippen LogP contribution in [0, 0.1) is 11.2 Å². The number of halogens is 1. The summed E-state index contributed by atoms with van der Waals surface area (Å²) in [6.45, 7) is 5.73. The van der Waals surface area contributed by atoms with Gasteiger partial charge in [-0.1, -0.05) is 0 Å². The molecule has 0 spiro atoms. The number of anilines is 1. The number of benzene rings is 1. The van der Waals surface area contributed by atoms with Crippen molar-refractivity contribution in [2.24, 2.45) is 16.1 Å². The number of amides is 1.